The highest BCUT2D eigenvalue weighted by molar-refractivity contribution is 5.99. The van der Waals surface area contributed by atoms with Crippen LogP contribution in [0.1, 0.15) is 36.3 Å². The summed E-state index contributed by atoms with van der Waals surface area (Å²) in [6.07, 6.45) is 3.23. The first-order chi connectivity index (χ1) is 9.91. The van der Waals surface area contributed by atoms with Crippen molar-refractivity contribution < 1.29 is 13.9 Å². The van der Waals surface area contributed by atoms with E-state index in [1.165, 1.54) is 19.2 Å². The van der Waals surface area contributed by atoms with Crippen LogP contribution in [0, 0.1) is 11.2 Å². The number of halogens is 1. The van der Waals surface area contributed by atoms with Gasteiger partial charge in [0.05, 0.1) is 12.8 Å². The molecule has 0 N–H and O–H groups in total. The predicted octanol–water partition coefficient (Wildman–Crippen LogP) is 3.78. The maximum absolute atomic E-state index is 13.4. The van der Waals surface area contributed by atoms with Crippen LogP contribution in [0.2, 0.25) is 0 Å². The van der Waals surface area contributed by atoms with Gasteiger partial charge in [-0.25, -0.2) is 4.39 Å². The smallest absolute Gasteiger partial charge is 0.165 e. The summed E-state index contributed by atoms with van der Waals surface area (Å²) >= 11 is 0. The van der Waals surface area contributed by atoms with E-state index < -0.39 is 0 Å². The first-order valence-electron chi connectivity index (χ1n) is 6.99. The number of ether oxygens (including phenoxy) is 1. The standard InChI is InChI=1S/C17H18FNO2/c1-17(2)9-14-12(15(20)10-17)6-7-19(14)13-5-4-11(18)8-16(13)21-3/h4-8H,9-10H2,1-3H3. The molecule has 0 saturated carbocycles. The predicted molar refractivity (Wildman–Crippen MR) is 78.7 cm³/mol. The van der Waals surface area contributed by atoms with Gasteiger partial charge < -0.3 is 9.30 Å². The number of fused-ring (bicyclic) bond motifs is 1. The molecule has 0 radical (unpaired) electrons. The van der Waals surface area contributed by atoms with Gasteiger partial charge in [0, 0.05) is 29.9 Å². The van der Waals surface area contributed by atoms with E-state index >= 15 is 0 Å². The molecule has 110 valence electrons. The fourth-order valence-electron chi connectivity index (χ4n) is 3.02. The number of Topliss-reactive ketones (excluding diaryl/α,β-unsaturated/α-hetero) is 1. The molecule has 0 aliphatic heterocycles. The Balaban J connectivity index is 2.16. The summed E-state index contributed by atoms with van der Waals surface area (Å²) in [4.78, 5) is 12.2. The monoisotopic (exact) mass is 287 g/mol. The topological polar surface area (TPSA) is 31.2 Å². The fraction of sp³-hybridized carbons (Fsp3) is 0.353. The second-order valence-corrected chi connectivity index (χ2v) is 6.30. The van der Waals surface area contributed by atoms with Crippen molar-refractivity contribution in [3.8, 4) is 11.4 Å². The number of carbonyl (C=O) groups excluding carboxylic acids is 1. The van der Waals surface area contributed by atoms with Crippen molar-refractivity contribution in [2.75, 3.05) is 7.11 Å². The van der Waals surface area contributed by atoms with Crippen LogP contribution in [0.15, 0.2) is 30.5 Å². The third kappa shape index (κ3) is 2.35. The maximum Gasteiger partial charge on any atom is 0.165 e. The van der Waals surface area contributed by atoms with E-state index in [0.29, 0.717) is 12.2 Å². The third-order valence-electron chi connectivity index (χ3n) is 3.98. The summed E-state index contributed by atoms with van der Waals surface area (Å²) in [6.45, 7) is 4.18. The lowest BCUT2D eigenvalue weighted by atomic mass is 9.76. The lowest BCUT2D eigenvalue weighted by Crippen LogP contribution is -2.27. The van der Waals surface area contributed by atoms with Crippen LogP contribution in [0.25, 0.3) is 5.69 Å². The highest BCUT2D eigenvalue weighted by atomic mass is 19.1. The molecule has 0 saturated heterocycles. The molecule has 0 amide bonds. The largest absolute Gasteiger partial charge is 0.494 e. The number of aromatic nitrogens is 1. The Kier molecular flexibility index (Phi) is 3.12. The van der Waals surface area contributed by atoms with E-state index in [-0.39, 0.29) is 17.0 Å². The number of hydrogen-bond acceptors (Lipinski definition) is 2. The molecule has 2 aromatic rings. The molecule has 0 spiro atoms. The molecule has 0 bridgehead atoms. The number of benzene rings is 1. The second kappa shape index (κ2) is 4.72. The number of hydrogen-bond donors (Lipinski definition) is 0. The minimum absolute atomic E-state index is 0.0621. The normalized spacial score (nSPS) is 16.7. The molecule has 4 heteroatoms. The van der Waals surface area contributed by atoms with E-state index in [1.54, 1.807) is 6.07 Å². The minimum Gasteiger partial charge on any atom is -0.494 e. The fourth-order valence-corrected chi connectivity index (χ4v) is 3.02. The van der Waals surface area contributed by atoms with Crippen molar-refractivity contribution >= 4 is 5.78 Å². The molecule has 21 heavy (non-hydrogen) atoms. The molecule has 1 aliphatic rings. The number of rotatable bonds is 2. The van der Waals surface area contributed by atoms with Gasteiger partial charge in [0.25, 0.3) is 0 Å². The molecule has 1 aliphatic carbocycles. The van der Waals surface area contributed by atoms with Crippen molar-refractivity contribution in [3.05, 3.63) is 47.5 Å². The van der Waals surface area contributed by atoms with Crippen molar-refractivity contribution in [1.82, 2.24) is 4.57 Å². The Labute approximate surface area is 123 Å². The first kappa shape index (κ1) is 13.9. The van der Waals surface area contributed by atoms with Gasteiger partial charge >= 0.3 is 0 Å². The average Bonchev–Trinajstić information content (AvgIpc) is 2.81. The summed E-state index contributed by atoms with van der Waals surface area (Å²) in [5.41, 5.74) is 2.43. The lowest BCUT2D eigenvalue weighted by molar-refractivity contribution is 0.0911. The van der Waals surface area contributed by atoms with Crippen LogP contribution in [0.3, 0.4) is 0 Å². The van der Waals surface area contributed by atoms with Crippen molar-refractivity contribution in [3.63, 3.8) is 0 Å². The van der Waals surface area contributed by atoms with E-state index in [1.807, 2.05) is 16.8 Å². The van der Waals surface area contributed by atoms with Gasteiger partial charge in [0.1, 0.15) is 11.6 Å². The van der Waals surface area contributed by atoms with Crippen LogP contribution in [-0.2, 0) is 6.42 Å². The zero-order chi connectivity index (χ0) is 15.2. The molecule has 1 aromatic heterocycles. The van der Waals surface area contributed by atoms with Gasteiger partial charge in [-0.15, -0.1) is 0 Å². The molecule has 0 unspecified atom stereocenters. The maximum atomic E-state index is 13.4. The number of ketones is 1. The van der Waals surface area contributed by atoms with Crippen molar-refractivity contribution in [2.24, 2.45) is 5.41 Å². The van der Waals surface area contributed by atoms with E-state index in [4.69, 9.17) is 4.74 Å². The van der Waals surface area contributed by atoms with Gasteiger partial charge in [0.15, 0.2) is 5.78 Å². The molecular formula is C17H18FNO2. The minimum atomic E-state index is -0.340. The second-order valence-electron chi connectivity index (χ2n) is 6.30. The summed E-state index contributed by atoms with van der Waals surface area (Å²) in [5, 5.41) is 0. The zero-order valence-electron chi connectivity index (χ0n) is 12.4. The Morgan fingerprint density at radius 3 is 2.71 bits per heavy atom. The Bertz CT molecular complexity index is 716. The third-order valence-corrected chi connectivity index (χ3v) is 3.98. The first-order valence-corrected chi connectivity index (χ1v) is 6.99. The SMILES string of the molecule is COc1cc(F)ccc1-n1ccc2c1CC(C)(C)CC2=O. The van der Waals surface area contributed by atoms with Gasteiger partial charge in [-0.2, -0.15) is 0 Å². The van der Waals surface area contributed by atoms with Crippen LogP contribution in [0.4, 0.5) is 4.39 Å². The summed E-state index contributed by atoms with van der Waals surface area (Å²) in [7, 11) is 1.52. The van der Waals surface area contributed by atoms with Gasteiger partial charge in [-0.1, -0.05) is 13.8 Å². The number of carbonyl (C=O) groups is 1. The van der Waals surface area contributed by atoms with Gasteiger partial charge in [-0.05, 0) is 30.0 Å². The quantitative estimate of drug-likeness (QED) is 0.841. The zero-order valence-corrected chi connectivity index (χ0v) is 12.4. The molecule has 3 nitrogen and oxygen atoms in total. The van der Waals surface area contributed by atoms with Gasteiger partial charge in [-0.3, -0.25) is 4.79 Å². The molecule has 1 heterocycles. The summed E-state index contributed by atoms with van der Waals surface area (Å²) in [5.74, 6) is 0.290. The van der Waals surface area contributed by atoms with Crippen LogP contribution < -0.4 is 4.74 Å². The Hall–Kier alpha value is -2.10. The van der Waals surface area contributed by atoms with Gasteiger partial charge in [0.2, 0.25) is 0 Å². The van der Waals surface area contributed by atoms with Crippen molar-refractivity contribution in [2.45, 2.75) is 26.7 Å². The highest BCUT2D eigenvalue weighted by Gasteiger charge is 2.33. The van der Waals surface area contributed by atoms with Crippen molar-refractivity contribution in [1.29, 1.82) is 0 Å². The molecule has 0 atom stereocenters. The molecular weight excluding hydrogens is 269 g/mol. The Morgan fingerprint density at radius 1 is 1.24 bits per heavy atom. The molecule has 0 fully saturated rings. The highest BCUT2D eigenvalue weighted by Crippen LogP contribution is 2.37. The van der Waals surface area contributed by atoms with E-state index in [2.05, 4.69) is 13.8 Å². The van der Waals surface area contributed by atoms with Crippen LogP contribution >= 0.6 is 0 Å². The lowest BCUT2D eigenvalue weighted by Gasteiger charge is -2.30. The van der Waals surface area contributed by atoms with Crippen LogP contribution in [-0.4, -0.2) is 17.5 Å². The summed E-state index contributed by atoms with van der Waals surface area (Å²) in [6, 6.07) is 6.29. The average molecular weight is 287 g/mol. The number of nitrogens with zero attached hydrogens (tertiary/aromatic N) is 1. The van der Waals surface area contributed by atoms with E-state index in [0.717, 1.165) is 23.4 Å². The number of methoxy groups -OCH3 is 1. The Morgan fingerprint density at radius 2 is 2.00 bits per heavy atom. The molecule has 1 aromatic carbocycles. The van der Waals surface area contributed by atoms with E-state index in [9.17, 15) is 9.18 Å². The molecule has 3 rings (SSSR count). The van der Waals surface area contributed by atoms with Crippen LogP contribution in [0.5, 0.6) is 5.75 Å². The summed E-state index contributed by atoms with van der Waals surface area (Å²) < 4.78 is 20.6.